The van der Waals surface area contributed by atoms with Crippen molar-refractivity contribution in [3.63, 3.8) is 0 Å². The van der Waals surface area contributed by atoms with Crippen molar-refractivity contribution in [2.45, 2.75) is 17.2 Å². The summed E-state index contributed by atoms with van der Waals surface area (Å²) in [5, 5.41) is 5.21. The summed E-state index contributed by atoms with van der Waals surface area (Å²) in [4.78, 5) is 20.7. The molecule has 0 spiro atoms. The maximum Gasteiger partial charge on any atom is 0.239 e. The number of hydrogen-bond donors (Lipinski definition) is 1. The molecule has 2 heterocycles. The maximum atomic E-state index is 13.3. The quantitative estimate of drug-likeness (QED) is 0.660. The van der Waals surface area contributed by atoms with Crippen molar-refractivity contribution in [1.82, 2.24) is 9.97 Å². The van der Waals surface area contributed by atoms with Crippen molar-refractivity contribution in [3.05, 3.63) is 59.6 Å². The molecule has 0 fully saturated rings. The first-order valence-electron chi connectivity index (χ1n) is 7.32. The lowest BCUT2D eigenvalue weighted by molar-refractivity contribution is -0.115. The number of nitrogens with zero attached hydrogens (tertiary/aromatic N) is 2. The Kier molecular flexibility index (Phi) is 5.40. The number of nitrogens with one attached hydrogen (secondary N) is 1. The van der Waals surface area contributed by atoms with Crippen LogP contribution in [0.15, 0.2) is 53.0 Å². The van der Waals surface area contributed by atoms with Crippen LogP contribution in [0.4, 0.5) is 13.9 Å². The van der Waals surface area contributed by atoms with Crippen LogP contribution in [0.5, 0.6) is 0 Å². The maximum absolute atomic E-state index is 13.3. The molecule has 0 saturated carbocycles. The van der Waals surface area contributed by atoms with Gasteiger partial charge in [-0.05, 0) is 37.3 Å². The molecule has 0 aliphatic heterocycles. The first-order valence-corrected chi connectivity index (χ1v) is 9.08. The van der Waals surface area contributed by atoms with Gasteiger partial charge in [0.2, 0.25) is 5.91 Å². The van der Waals surface area contributed by atoms with Crippen molar-refractivity contribution >= 4 is 34.1 Å². The second-order valence-electron chi connectivity index (χ2n) is 5.08. The van der Waals surface area contributed by atoms with Gasteiger partial charge in [-0.2, -0.15) is 0 Å². The summed E-state index contributed by atoms with van der Waals surface area (Å²) in [6.07, 6.45) is 1.67. The van der Waals surface area contributed by atoms with Crippen LogP contribution in [0, 0.1) is 11.6 Å². The highest BCUT2D eigenvalue weighted by Crippen LogP contribution is 2.27. The summed E-state index contributed by atoms with van der Waals surface area (Å²) >= 11 is 2.56. The molecule has 8 heteroatoms. The van der Waals surface area contributed by atoms with E-state index in [1.54, 1.807) is 18.5 Å². The highest BCUT2D eigenvalue weighted by Gasteiger charge is 2.17. The molecule has 0 aliphatic rings. The molecule has 0 radical (unpaired) electrons. The van der Waals surface area contributed by atoms with Gasteiger partial charge in [-0.3, -0.25) is 4.79 Å². The molecule has 0 aliphatic carbocycles. The van der Waals surface area contributed by atoms with Crippen LogP contribution >= 0.6 is 23.1 Å². The number of benzene rings is 1. The average Bonchev–Trinajstić information content (AvgIpc) is 3.06. The topological polar surface area (TPSA) is 54.9 Å². The standard InChI is InChI=1S/C17H13F2N3OS2/c1-10(25-15-4-2-3-7-20-15)16(23)22-17-21-14(9-24-17)11-5-6-12(18)13(19)8-11/h2-10H,1H3,(H,21,22,23)/t10-/m1/s1. The smallest absolute Gasteiger partial charge is 0.239 e. The minimum atomic E-state index is -0.934. The molecule has 0 bridgehead atoms. The number of thiazole rings is 1. The zero-order chi connectivity index (χ0) is 17.8. The van der Waals surface area contributed by atoms with E-state index in [0.717, 1.165) is 17.2 Å². The summed E-state index contributed by atoms with van der Waals surface area (Å²) in [7, 11) is 0. The van der Waals surface area contributed by atoms with E-state index in [1.807, 2.05) is 18.2 Å². The lowest BCUT2D eigenvalue weighted by atomic mass is 10.2. The van der Waals surface area contributed by atoms with Gasteiger partial charge in [-0.15, -0.1) is 11.3 Å². The molecule has 0 saturated heterocycles. The van der Waals surface area contributed by atoms with Gasteiger partial charge in [0.05, 0.1) is 16.0 Å². The summed E-state index contributed by atoms with van der Waals surface area (Å²) in [6.45, 7) is 1.78. The van der Waals surface area contributed by atoms with Gasteiger partial charge in [0.15, 0.2) is 16.8 Å². The third-order valence-corrected chi connectivity index (χ3v) is 5.06. The third kappa shape index (κ3) is 4.40. The molecule has 1 atom stereocenters. The van der Waals surface area contributed by atoms with Crippen LogP contribution in [0.1, 0.15) is 6.92 Å². The Bertz CT molecular complexity index is 887. The number of carbonyl (C=O) groups excluding carboxylic acids is 1. The predicted molar refractivity (Wildman–Crippen MR) is 95.7 cm³/mol. The summed E-state index contributed by atoms with van der Waals surface area (Å²) < 4.78 is 26.3. The van der Waals surface area contributed by atoms with E-state index in [9.17, 15) is 13.6 Å². The predicted octanol–water partition coefficient (Wildman–Crippen LogP) is 4.60. The number of aromatic nitrogens is 2. The van der Waals surface area contributed by atoms with Gasteiger partial charge in [0, 0.05) is 17.1 Å². The van der Waals surface area contributed by atoms with E-state index in [-0.39, 0.29) is 11.2 Å². The van der Waals surface area contributed by atoms with E-state index in [4.69, 9.17) is 0 Å². The fourth-order valence-electron chi connectivity index (χ4n) is 1.98. The Balaban J connectivity index is 1.66. The van der Waals surface area contributed by atoms with E-state index >= 15 is 0 Å². The van der Waals surface area contributed by atoms with Crippen LogP contribution in [0.2, 0.25) is 0 Å². The van der Waals surface area contributed by atoms with Crippen molar-refractivity contribution in [3.8, 4) is 11.3 Å². The first-order chi connectivity index (χ1) is 12.0. The van der Waals surface area contributed by atoms with Gasteiger partial charge in [-0.25, -0.2) is 18.7 Å². The Hall–Kier alpha value is -2.32. The molecule has 3 rings (SSSR count). The van der Waals surface area contributed by atoms with Crippen molar-refractivity contribution in [2.24, 2.45) is 0 Å². The Morgan fingerprint density at radius 1 is 1.24 bits per heavy atom. The van der Waals surface area contributed by atoms with Crippen molar-refractivity contribution in [1.29, 1.82) is 0 Å². The highest BCUT2D eigenvalue weighted by atomic mass is 32.2. The van der Waals surface area contributed by atoms with Gasteiger partial charge >= 0.3 is 0 Å². The number of anilines is 1. The molecule has 128 valence electrons. The largest absolute Gasteiger partial charge is 0.301 e. The molecule has 2 aromatic heterocycles. The van der Waals surface area contributed by atoms with Crippen LogP contribution in [0.3, 0.4) is 0 Å². The Morgan fingerprint density at radius 2 is 2.08 bits per heavy atom. The molecule has 3 aromatic rings. The lowest BCUT2D eigenvalue weighted by Crippen LogP contribution is -2.22. The summed E-state index contributed by atoms with van der Waals surface area (Å²) in [6, 6.07) is 9.07. The zero-order valence-electron chi connectivity index (χ0n) is 13.1. The minimum absolute atomic E-state index is 0.207. The normalized spacial score (nSPS) is 12.0. The second-order valence-corrected chi connectivity index (χ2v) is 7.30. The summed E-state index contributed by atoms with van der Waals surface area (Å²) in [5.41, 5.74) is 0.927. The number of hydrogen-bond acceptors (Lipinski definition) is 5. The van der Waals surface area contributed by atoms with Gasteiger partial charge in [0.25, 0.3) is 0 Å². The number of thioether (sulfide) groups is 1. The molecule has 25 heavy (non-hydrogen) atoms. The zero-order valence-corrected chi connectivity index (χ0v) is 14.7. The molecule has 1 N–H and O–H groups in total. The fourth-order valence-corrected chi connectivity index (χ4v) is 3.51. The molecular formula is C17H13F2N3OS2. The number of rotatable bonds is 5. The molecule has 1 aromatic carbocycles. The summed E-state index contributed by atoms with van der Waals surface area (Å²) in [5.74, 6) is -2.05. The molecular weight excluding hydrogens is 364 g/mol. The highest BCUT2D eigenvalue weighted by molar-refractivity contribution is 8.00. The van der Waals surface area contributed by atoms with Crippen molar-refractivity contribution in [2.75, 3.05) is 5.32 Å². The number of amides is 1. The Labute approximate surface area is 151 Å². The van der Waals surface area contributed by atoms with E-state index in [1.165, 1.54) is 29.2 Å². The van der Waals surface area contributed by atoms with E-state index < -0.39 is 11.6 Å². The number of pyridine rings is 1. The molecule has 4 nitrogen and oxygen atoms in total. The van der Waals surface area contributed by atoms with Gasteiger partial charge < -0.3 is 5.32 Å². The lowest BCUT2D eigenvalue weighted by Gasteiger charge is -2.09. The monoisotopic (exact) mass is 377 g/mol. The van der Waals surface area contributed by atoms with E-state index in [0.29, 0.717) is 16.4 Å². The average molecular weight is 377 g/mol. The minimum Gasteiger partial charge on any atom is -0.301 e. The molecule has 1 amide bonds. The third-order valence-electron chi connectivity index (χ3n) is 3.25. The van der Waals surface area contributed by atoms with E-state index in [2.05, 4.69) is 15.3 Å². The van der Waals surface area contributed by atoms with Crippen molar-refractivity contribution < 1.29 is 13.6 Å². The van der Waals surface area contributed by atoms with Crippen LogP contribution in [-0.4, -0.2) is 21.1 Å². The van der Waals surface area contributed by atoms with Gasteiger partial charge in [-0.1, -0.05) is 17.8 Å². The van der Waals surface area contributed by atoms with Crippen LogP contribution in [-0.2, 0) is 4.79 Å². The second kappa shape index (κ2) is 7.71. The van der Waals surface area contributed by atoms with Crippen LogP contribution < -0.4 is 5.32 Å². The molecule has 0 unspecified atom stereocenters. The number of halogens is 2. The SMILES string of the molecule is C[C@@H](Sc1ccccn1)C(=O)Nc1nc(-c2ccc(F)c(F)c2)cs1. The van der Waals surface area contributed by atoms with Gasteiger partial charge in [0.1, 0.15) is 0 Å². The van der Waals surface area contributed by atoms with Crippen LogP contribution in [0.25, 0.3) is 11.3 Å². The Morgan fingerprint density at radius 3 is 2.80 bits per heavy atom. The number of carbonyl (C=O) groups is 1. The first kappa shape index (κ1) is 17.5. The fraction of sp³-hybridized carbons (Fsp3) is 0.118.